The van der Waals surface area contributed by atoms with E-state index in [4.69, 9.17) is 0 Å². The predicted octanol–water partition coefficient (Wildman–Crippen LogP) is 14.2. The Morgan fingerprint density at radius 2 is 0.881 bits per heavy atom. The molecule has 59 heavy (non-hydrogen) atoms. The van der Waals surface area contributed by atoms with Gasteiger partial charge in [0, 0.05) is 75.7 Å². The fourth-order valence-electron chi connectivity index (χ4n) is 9.10. The summed E-state index contributed by atoms with van der Waals surface area (Å²) in [5, 5.41) is 12.7. The first-order valence-corrected chi connectivity index (χ1v) is 26.7. The van der Waals surface area contributed by atoms with Crippen molar-refractivity contribution in [1.82, 2.24) is 0 Å². The summed E-state index contributed by atoms with van der Waals surface area (Å²) < 4.78 is 26.3. The normalized spacial score (nSPS) is 12.4. The van der Waals surface area contributed by atoms with Crippen LogP contribution in [0.5, 0.6) is 0 Å². The monoisotopic (exact) mass is 870 g/mol. The van der Waals surface area contributed by atoms with E-state index in [1.807, 2.05) is 94.7 Å². The van der Waals surface area contributed by atoms with E-state index in [2.05, 4.69) is 111 Å². The number of rotatable bonds is 10. The highest BCUT2D eigenvalue weighted by atomic mass is 32.1. The SMILES string of the molecule is CCCc1c(CCC)c2sc3ccc4sc(P(=O)(c5ccccc5)c5ccccc5)cc4c3c2c2c1sc1ccc3sc(P(c4ccccc4)c4ccccc4)cc3c12. The van der Waals surface area contributed by atoms with E-state index in [0.29, 0.717) is 0 Å². The maximum absolute atomic E-state index is 15.8. The maximum Gasteiger partial charge on any atom is 0.180 e. The van der Waals surface area contributed by atoms with Gasteiger partial charge in [0.05, 0.1) is 4.62 Å². The van der Waals surface area contributed by atoms with E-state index in [9.17, 15) is 0 Å². The number of fused-ring (bicyclic) bond motifs is 11. The molecule has 0 aliphatic carbocycles. The van der Waals surface area contributed by atoms with Crippen LogP contribution < -0.4 is 30.5 Å². The standard InChI is InChI=1S/C52H40OP2S4/c1-3-17-37-38(18-4-2)52-50(48-40-32-46(57-42(40)28-30-44(48)59-52)55(53,35-23-13-7-14-24-35)36-25-15-8-16-26-36)49-47-39-31-45(56-41(39)27-29-43(47)58-51(37)49)54(33-19-9-5-10-20-33)34-21-11-6-12-22-34/h5-16,19-32H,3-4,17-18H2,1-2H3. The zero-order chi connectivity index (χ0) is 39.7. The van der Waals surface area contributed by atoms with Gasteiger partial charge in [-0.05, 0) is 78.9 Å². The lowest BCUT2D eigenvalue weighted by Crippen LogP contribution is -2.23. The van der Waals surface area contributed by atoms with Crippen LogP contribution in [0.3, 0.4) is 0 Å². The molecule has 0 saturated carbocycles. The van der Waals surface area contributed by atoms with Crippen LogP contribution in [0.15, 0.2) is 158 Å². The minimum Gasteiger partial charge on any atom is -0.308 e. The molecule has 0 fully saturated rings. The van der Waals surface area contributed by atoms with E-state index in [1.165, 1.54) is 81.3 Å². The van der Waals surface area contributed by atoms with Gasteiger partial charge in [-0.15, -0.1) is 45.3 Å². The summed E-state index contributed by atoms with van der Waals surface area (Å²) in [6, 6.07) is 56.8. The summed E-state index contributed by atoms with van der Waals surface area (Å²) in [5.74, 6) is 0. The van der Waals surface area contributed by atoms with Crippen LogP contribution in [-0.2, 0) is 17.4 Å². The summed E-state index contributed by atoms with van der Waals surface area (Å²) in [7, 11) is -3.87. The van der Waals surface area contributed by atoms with Crippen molar-refractivity contribution in [3.05, 3.63) is 169 Å². The van der Waals surface area contributed by atoms with Gasteiger partial charge in [-0.25, -0.2) is 0 Å². The Labute approximate surface area is 361 Å². The van der Waals surface area contributed by atoms with Gasteiger partial charge in [0.2, 0.25) is 0 Å². The Morgan fingerprint density at radius 1 is 0.458 bits per heavy atom. The third-order valence-corrected chi connectivity index (χ3v) is 22.7. The van der Waals surface area contributed by atoms with E-state index in [0.717, 1.165) is 40.9 Å². The van der Waals surface area contributed by atoms with Gasteiger partial charge in [0.15, 0.2) is 7.14 Å². The Balaban J connectivity index is 1.25. The largest absolute Gasteiger partial charge is 0.308 e. The van der Waals surface area contributed by atoms with Crippen LogP contribution in [0, 0.1) is 0 Å². The average Bonchev–Trinajstić information content (AvgIpc) is 4.08. The lowest BCUT2D eigenvalue weighted by atomic mass is 9.92. The van der Waals surface area contributed by atoms with Crippen LogP contribution in [0.1, 0.15) is 37.8 Å². The molecule has 11 rings (SSSR count). The number of hydrogen-bond donors (Lipinski definition) is 0. The number of hydrogen-bond acceptors (Lipinski definition) is 5. The van der Waals surface area contributed by atoms with Crippen molar-refractivity contribution >= 4 is 151 Å². The molecule has 0 amide bonds. The first-order valence-electron chi connectivity index (χ1n) is 20.4. The minimum atomic E-state index is -3.14. The highest BCUT2D eigenvalue weighted by Crippen LogP contribution is 2.54. The zero-order valence-corrected chi connectivity index (χ0v) is 37.8. The molecule has 0 bridgehead atoms. The molecular formula is C52H40OP2S4. The molecule has 0 saturated heterocycles. The lowest BCUT2D eigenvalue weighted by molar-refractivity contribution is 0.593. The molecule has 4 aromatic heterocycles. The van der Waals surface area contributed by atoms with Gasteiger partial charge < -0.3 is 4.57 Å². The molecule has 0 radical (unpaired) electrons. The molecule has 4 heterocycles. The van der Waals surface area contributed by atoms with Crippen LogP contribution >= 0.6 is 60.4 Å². The molecule has 1 nitrogen and oxygen atoms in total. The average molecular weight is 871 g/mol. The molecule has 0 aliphatic heterocycles. The van der Waals surface area contributed by atoms with Crippen LogP contribution in [0.25, 0.3) is 60.5 Å². The molecule has 11 aromatic rings. The second-order valence-corrected chi connectivity index (χ2v) is 25.0. The van der Waals surface area contributed by atoms with Crippen molar-refractivity contribution in [3.8, 4) is 0 Å². The third kappa shape index (κ3) is 6.04. The van der Waals surface area contributed by atoms with Crippen molar-refractivity contribution in [3.63, 3.8) is 0 Å². The highest BCUT2D eigenvalue weighted by Gasteiger charge is 2.33. The topological polar surface area (TPSA) is 17.1 Å². The maximum atomic E-state index is 15.8. The predicted molar refractivity (Wildman–Crippen MR) is 269 cm³/mol. The minimum absolute atomic E-state index is 0.724. The van der Waals surface area contributed by atoms with Gasteiger partial charge >= 0.3 is 0 Å². The second-order valence-electron chi connectivity index (χ2n) is 15.2. The van der Waals surface area contributed by atoms with E-state index >= 15 is 4.57 Å². The summed E-state index contributed by atoms with van der Waals surface area (Å²) in [4.78, 5) is 0. The molecule has 0 unspecified atom stereocenters. The van der Waals surface area contributed by atoms with E-state index < -0.39 is 15.1 Å². The first kappa shape index (κ1) is 37.6. The molecule has 0 spiro atoms. The Kier molecular flexibility index (Phi) is 9.69. The molecular weight excluding hydrogens is 831 g/mol. The Morgan fingerprint density at radius 3 is 1.36 bits per heavy atom. The summed E-state index contributed by atoms with van der Waals surface area (Å²) in [5.41, 5.74) is 3.08. The van der Waals surface area contributed by atoms with Gasteiger partial charge in [-0.2, -0.15) is 0 Å². The second kappa shape index (κ2) is 15.2. The number of thiophene rings is 4. The van der Waals surface area contributed by atoms with Crippen molar-refractivity contribution in [2.75, 3.05) is 0 Å². The van der Waals surface area contributed by atoms with Crippen LogP contribution in [0.4, 0.5) is 0 Å². The summed E-state index contributed by atoms with van der Waals surface area (Å²) in [6.45, 7) is 4.66. The van der Waals surface area contributed by atoms with Gasteiger partial charge in [-0.1, -0.05) is 148 Å². The summed E-state index contributed by atoms with van der Waals surface area (Å²) in [6.07, 6.45) is 4.35. The van der Waals surface area contributed by atoms with Gasteiger partial charge in [0.1, 0.15) is 0 Å². The Bertz CT molecular complexity index is 3300. The third-order valence-electron chi connectivity index (χ3n) is 11.6. The lowest BCUT2D eigenvalue weighted by Gasteiger charge is -2.17. The molecule has 288 valence electrons. The van der Waals surface area contributed by atoms with Crippen molar-refractivity contribution in [2.24, 2.45) is 0 Å². The summed E-state index contributed by atoms with van der Waals surface area (Å²) >= 11 is 7.66. The van der Waals surface area contributed by atoms with E-state index in [-0.39, 0.29) is 0 Å². The Hall–Kier alpha value is -4.44. The molecule has 0 atom stereocenters. The quantitative estimate of drug-likeness (QED) is 0.125. The first-order chi connectivity index (χ1) is 29.1. The highest BCUT2D eigenvalue weighted by molar-refractivity contribution is 7.89. The van der Waals surface area contributed by atoms with Crippen molar-refractivity contribution < 1.29 is 4.57 Å². The van der Waals surface area contributed by atoms with Crippen LogP contribution in [-0.4, -0.2) is 0 Å². The van der Waals surface area contributed by atoms with Gasteiger partial charge in [-0.3, -0.25) is 0 Å². The van der Waals surface area contributed by atoms with E-state index in [1.54, 1.807) is 16.9 Å². The van der Waals surface area contributed by atoms with Crippen molar-refractivity contribution in [2.45, 2.75) is 39.5 Å². The fourth-order valence-corrected chi connectivity index (χ4v) is 20.4. The number of aryl methyl sites for hydroxylation is 2. The molecule has 0 N–H and O–H groups in total. The molecule has 0 aliphatic rings. The van der Waals surface area contributed by atoms with Gasteiger partial charge in [0.25, 0.3) is 0 Å². The molecule has 7 heteroatoms. The zero-order valence-electron chi connectivity index (χ0n) is 32.8. The molecule has 7 aromatic carbocycles. The smallest absolute Gasteiger partial charge is 0.180 e. The van der Waals surface area contributed by atoms with Crippen molar-refractivity contribution in [1.29, 1.82) is 0 Å². The fraction of sp³-hybridized carbons (Fsp3) is 0.115. The number of benzene rings is 7. The van der Waals surface area contributed by atoms with Crippen LogP contribution in [0.2, 0.25) is 0 Å².